The predicted octanol–water partition coefficient (Wildman–Crippen LogP) is 0.374. The molecule has 0 aromatic carbocycles. The minimum atomic E-state index is -2.41. The van der Waals surface area contributed by atoms with Gasteiger partial charge in [-0.1, -0.05) is 0 Å². The van der Waals surface area contributed by atoms with E-state index in [-0.39, 0.29) is 12.2 Å². The Balaban J connectivity index is 0. The molecule has 76 valence electrons. The lowest BCUT2D eigenvalue weighted by atomic mass is 10.4. The van der Waals surface area contributed by atoms with Gasteiger partial charge < -0.3 is 25.2 Å². The summed E-state index contributed by atoms with van der Waals surface area (Å²) in [6.07, 6.45) is 0. The van der Waals surface area contributed by atoms with Crippen molar-refractivity contribution in [3.63, 3.8) is 0 Å². The second-order valence-electron chi connectivity index (χ2n) is 2.48. The molecule has 0 aliphatic carbocycles. The first kappa shape index (κ1) is 14.5. The highest BCUT2D eigenvalue weighted by atomic mass is 28.4. The predicted molar refractivity (Wildman–Crippen MR) is 50.3 cm³/mol. The Morgan fingerprint density at radius 2 is 1.50 bits per heavy atom. The van der Waals surface area contributed by atoms with Gasteiger partial charge >= 0.3 is 8.80 Å². The second-order valence-corrected chi connectivity index (χ2v) is 5.48. The molecule has 0 radical (unpaired) electrons. The van der Waals surface area contributed by atoms with Crippen molar-refractivity contribution in [3.05, 3.63) is 0 Å². The standard InChI is InChI=1S/C6H17NO3Si.H3N/c1-6(7)5-11(8-2,9-3)10-4;/h6H,5,7H2,1-4H3;1H3. The van der Waals surface area contributed by atoms with Crippen molar-refractivity contribution in [2.24, 2.45) is 5.73 Å². The zero-order chi connectivity index (χ0) is 8.91. The van der Waals surface area contributed by atoms with E-state index in [1.807, 2.05) is 6.92 Å². The SMILES string of the molecule is CO[Si](CC(C)N)(OC)OC.N. The van der Waals surface area contributed by atoms with Gasteiger partial charge in [0, 0.05) is 33.4 Å². The monoisotopic (exact) mass is 196 g/mol. The molecule has 0 aliphatic rings. The van der Waals surface area contributed by atoms with Crippen molar-refractivity contribution in [3.8, 4) is 0 Å². The molecule has 5 N–H and O–H groups in total. The Morgan fingerprint density at radius 1 is 1.17 bits per heavy atom. The average Bonchev–Trinajstić information content (AvgIpc) is 2.00. The van der Waals surface area contributed by atoms with Gasteiger partial charge in [0.15, 0.2) is 0 Å². The maximum Gasteiger partial charge on any atom is 0.501 e. The van der Waals surface area contributed by atoms with E-state index in [0.29, 0.717) is 6.04 Å². The van der Waals surface area contributed by atoms with Crippen LogP contribution in [0.5, 0.6) is 0 Å². The summed E-state index contributed by atoms with van der Waals surface area (Å²) in [5.74, 6) is 0. The van der Waals surface area contributed by atoms with Gasteiger partial charge in [-0.2, -0.15) is 0 Å². The van der Waals surface area contributed by atoms with E-state index >= 15 is 0 Å². The summed E-state index contributed by atoms with van der Waals surface area (Å²) < 4.78 is 15.5. The molecule has 0 saturated carbocycles. The summed E-state index contributed by atoms with van der Waals surface area (Å²) in [6.45, 7) is 1.90. The van der Waals surface area contributed by atoms with E-state index in [4.69, 9.17) is 19.0 Å². The fourth-order valence-electron chi connectivity index (χ4n) is 0.894. The Labute approximate surface area is 75.1 Å². The summed E-state index contributed by atoms with van der Waals surface area (Å²) in [7, 11) is 2.35. The lowest BCUT2D eigenvalue weighted by Gasteiger charge is -2.25. The van der Waals surface area contributed by atoms with Crippen LogP contribution in [-0.4, -0.2) is 36.2 Å². The van der Waals surface area contributed by atoms with Gasteiger partial charge in [0.2, 0.25) is 0 Å². The first-order valence-corrected chi connectivity index (χ1v) is 5.44. The molecule has 0 aliphatic heterocycles. The van der Waals surface area contributed by atoms with Gasteiger partial charge in [-0.05, 0) is 6.92 Å². The molecule has 12 heavy (non-hydrogen) atoms. The zero-order valence-corrected chi connectivity index (χ0v) is 9.29. The third-order valence-corrected chi connectivity index (χ3v) is 4.51. The highest BCUT2D eigenvalue weighted by Gasteiger charge is 2.38. The molecule has 0 saturated heterocycles. The van der Waals surface area contributed by atoms with Crippen LogP contribution in [-0.2, 0) is 13.3 Å². The van der Waals surface area contributed by atoms with Gasteiger partial charge in [0.05, 0.1) is 0 Å². The fraction of sp³-hybridized carbons (Fsp3) is 1.00. The van der Waals surface area contributed by atoms with Gasteiger partial charge in [-0.25, -0.2) is 0 Å². The lowest BCUT2D eigenvalue weighted by Crippen LogP contribution is -2.46. The van der Waals surface area contributed by atoms with E-state index in [1.54, 1.807) is 21.3 Å². The van der Waals surface area contributed by atoms with Crippen molar-refractivity contribution in [2.45, 2.75) is 19.0 Å². The number of hydrogen-bond donors (Lipinski definition) is 2. The minimum Gasteiger partial charge on any atom is -0.377 e. The first-order chi connectivity index (χ1) is 5.10. The molecule has 0 spiro atoms. The molecule has 0 fully saturated rings. The van der Waals surface area contributed by atoms with Gasteiger partial charge in [-0.3, -0.25) is 0 Å². The molecular formula is C6H20N2O3Si. The highest BCUT2D eigenvalue weighted by Crippen LogP contribution is 2.13. The minimum absolute atomic E-state index is 0. The summed E-state index contributed by atoms with van der Waals surface area (Å²) in [6, 6.07) is 0.692. The Morgan fingerprint density at radius 3 is 1.58 bits per heavy atom. The number of rotatable bonds is 5. The third-order valence-electron chi connectivity index (χ3n) is 1.50. The first-order valence-electron chi connectivity index (χ1n) is 3.51. The molecule has 0 aromatic rings. The molecule has 0 aromatic heterocycles. The van der Waals surface area contributed by atoms with Gasteiger partial charge in [0.25, 0.3) is 0 Å². The van der Waals surface area contributed by atoms with Crippen molar-refractivity contribution in [1.82, 2.24) is 6.15 Å². The molecule has 5 nitrogen and oxygen atoms in total. The summed E-state index contributed by atoms with van der Waals surface area (Å²) in [4.78, 5) is 0. The fourth-order valence-corrected chi connectivity index (χ4v) is 2.68. The highest BCUT2D eigenvalue weighted by molar-refractivity contribution is 6.60. The summed E-state index contributed by atoms with van der Waals surface area (Å²) >= 11 is 0. The topological polar surface area (TPSA) is 88.7 Å². The Kier molecular flexibility index (Phi) is 7.90. The molecule has 0 heterocycles. The largest absolute Gasteiger partial charge is 0.501 e. The quantitative estimate of drug-likeness (QED) is 0.620. The van der Waals surface area contributed by atoms with E-state index in [0.717, 1.165) is 0 Å². The lowest BCUT2D eigenvalue weighted by molar-refractivity contribution is 0.122. The Bertz CT molecular complexity index is 101. The molecule has 0 rings (SSSR count). The van der Waals surface area contributed by atoms with Crippen LogP contribution in [0.1, 0.15) is 6.92 Å². The maximum absolute atomic E-state index is 5.60. The third kappa shape index (κ3) is 4.15. The normalized spacial score (nSPS) is 13.8. The van der Waals surface area contributed by atoms with Crippen LogP contribution in [0.2, 0.25) is 6.04 Å². The second kappa shape index (κ2) is 6.52. The van der Waals surface area contributed by atoms with E-state index in [2.05, 4.69) is 0 Å². The molecule has 0 amide bonds. The smallest absolute Gasteiger partial charge is 0.377 e. The van der Waals surface area contributed by atoms with Gasteiger partial charge in [0.1, 0.15) is 0 Å². The average molecular weight is 196 g/mol. The van der Waals surface area contributed by atoms with Crippen LogP contribution in [0.4, 0.5) is 0 Å². The molecule has 6 heteroatoms. The summed E-state index contributed by atoms with van der Waals surface area (Å²) in [5.41, 5.74) is 5.60. The van der Waals surface area contributed by atoms with Crippen LogP contribution >= 0.6 is 0 Å². The Hall–Kier alpha value is 0.0169. The van der Waals surface area contributed by atoms with Crippen molar-refractivity contribution in [1.29, 1.82) is 0 Å². The van der Waals surface area contributed by atoms with E-state index < -0.39 is 8.80 Å². The molecule has 0 bridgehead atoms. The molecular weight excluding hydrogens is 176 g/mol. The van der Waals surface area contributed by atoms with Crippen LogP contribution in [0.15, 0.2) is 0 Å². The van der Waals surface area contributed by atoms with Crippen molar-refractivity contribution >= 4 is 8.80 Å². The van der Waals surface area contributed by atoms with Crippen LogP contribution in [0.3, 0.4) is 0 Å². The van der Waals surface area contributed by atoms with E-state index in [9.17, 15) is 0 Å². The van der Waals surface area contributed by atoms with Crippen molar-refractivity contribution in [2.75, 3.05) is 21.3 Å². The van der Waals surface area contributed by atoms with Gasteiger partial charge in [-0.15, -0.1) is 0 Å². The van der Waals surface area contributed by atoms with Crippen LogP contribution in [0.25, 0.3) is 0 Å². The molecule has 1 atom stereocenters. The van der Waals surface area contributed by atoms with Crippen LogP contribution < -0.4 is 11.9 Å². The van der Waals surface area contributed by atoms with Crippen LogP contribution in [0, 0.1) is 0 Å². The number of hydrogen-bond acceptors (Lipinski definition) is 5. The molecule has 1 unspecified atom stereocenters. The summed E-state index contributed by atoms with van der Waals surface area (Å²) in [5, 5.41) is 0. The number of nitrogens with two attached hydrogens (primary N) is 1. The maximum atomic E-state index is 5.60. The zero-order valence-electron chi connectivity index (χ0n) is 8.29. The van der Waals surface area contributed by atoms with Crippen molar-refractivity contribution < 1.29 is 13.3 Å². The van der Waals surface area contributed by atoms with E-state index in [1.165, 1.54) is 0 Å².